The fraction of sp³-hybridized carbons (Fsp3) is 0.667. The highest BCUT2D eigenvalue weighted by molar-refractivity contribution is 5.95. The Bertz CT molecular complexity index is 891. The average Bonchev–Trinajstić information content (AvgIpc) is 2.82. The predicted molar refractivity (Wildman–Crippen MR) is 141 cm³/mol. The van der Waals surface area contributed by atoms with Gasteiger partial charge in [-0.25, -0.2) is 4.79 Å². The molecule has 36 heavy (non-hydrogen) atoms. The van der Waals surface area contributed by atoms with E-state index in [0.717, 1.165) is 24.1 Å². The largest absolute Gasteiger partial charge is 0.444 e. The van der Waals surface area contributed by atoms with E-state index in [1.807, 2.05) is 38.1 Å². The van der Waals surface area contributed by atoms with Gasteiger partial charge < -0.3 is 31.1 Å². The Morgan fingerprint density at radius 1 is 1.28 bits per heavy atom. The summed E-state index contributed by atoms with van der Waals surface area (Å²) >= 11 is 0. The highest BCUT2D eigenvalue weighted by Gasteiger charge is 2.35. The van der Waals surface area contributed by atoms with Gasteiger partial charge in [-0.1, -0.05) is 52.3 Å². The molecule has 1 aromatic carbocycles. The van der Waals surface area contributed by atoms with Crippen molar-refractivity contribution in [2.75, 3.05) is 25.0 Å². The Labute approximate surface area is 215 Å². The second-order valence-electron chi connectivity index (χ2n) is 10.7. The first-order valence-corrected chi connectivity index (χ1v) is 12.9. The van der Waals surface area contributed by atoms with E-state index in [-0.39, 0.29) is 37.1 Å². The van der Waals surface area contributed by atoms with Crippen LogP contribution in [-0.4, -0.2) is 61.4 Å². The summed E-state index contributed by atoms with van der Waals surface area (Å²) in [6.45, 7) is 8.66. The lowest BCUT2D eigenvalue weighted by atomic mass is 9.79. The molecule has 0 fully saturated rings. The van der Waals surface area contributed by atoms with Crippen LogP contribution in [0.15, 0.2) is 24.3 Å². The van der Waals surface area contributed by atoms with Crippen molar-refractivity contribution in [1.29, 1.82) is 0 Å². The summed E-state index contributed by atoms with van der Waals surface area (Å²) in [7, 11) is 1.50. The molecule has 0 saturated carbocycles. The lowest BCUT2D eigenvalue weighted by molar-refractivity contribution is -0.125. The summed E-state index contributed by atoms with van der Waals surface area (Å²) in [4.78, 5) is 39.1. The molecule has 4 atom stereocenters. The van der Waals surface area contributed by atoms with Crippen molar-refractivity contribution in [2.45, 2.75) is 84.5 Å². The number of carbonyl (C=O) groups is 3. The molecule has 2 rings (SSSR count). The number of anilines is 1. The van der Waals surface area contributed by atoms with Gasteiger partial charge in [0.25, 0.3) is 0 Å². The van der Waals surface area contributed by atoms with Crippen molar-refractivity contribution in [3.8, 4) is 0 Å². The molecule has 9 nitrogen and oxygen atoms in total. The van der Waals surface area contributed by atoms with Crippen molar-refractivity contribution in [1.82, 2.24) is 10.6 Å². The zero-order valence-electron chi connectivity index (χ0n) is 22.4. The first-order valence-electron chi connectivity index (χ1n) is 12.9. The van der Waals surface area contributed by atoms with Crippen LogP contribution in [0.5, 0.6) is 0 Å². The van der Waals surface area contributed by atoms with Gasteiger partial charge >= 0.3 is 6.09 Å². The first-order chi connectivity index (χ1) is 17.0. The number of alkyl carbamates (subject to hydrolysis) is 1. The lowest BCUT2D eigenvalue weighted by Crippen LogP contribution is -2.47. The van der Waals surface area contributed by atoms with Crippen molar-refractivity contribution in [2.24, 2.45) is 17.1 Å². The third-order valence-corrected chi connectivity index (χ3v) is 6.68. The van der Waals surface area contributed by atoms with Gasteiger partial charge in [-0.3, -0.25) is 9.59 Å². The van der Waals surface area contributed by atoms with E-state index >= 15 is 0 Å². The maximum atomic E-state index is 13.4. The number of nitrogens with two attached hydrogens (primary N) is 1. The molecule has 1 heterocycles. The number of nitrogens with zero attached hydrogens (tertiary/aromatic N) is 1. The van der Waals surface area contributed by atoms with Crippen LogP contribution >= 0.6 is 0 Å². The second kappa shape index (κ2) is 13.6. The first kappa shape index (κ1) is 29.6. The quantitative estimate of drug-likeness (QED) is 0.324. The predicted octanol–water partition coefficient (Wildman–Crippen LogP) is 2.74. The summed E-state index contributed by atoms with van der Waals surface area (Å²) in [5.74, 6) is -0.529. The Balaban J connectivity index is 1.99. The van der Waals surface area contributed by atoms with E-state index in [0.29, 0.717) is 19.4 Å². The molecule has 9 heteroatoms. The molecule has 0 spiro atoms. The monoisotopic (exact) mass is 504 g/mol. The fourth-order valence-corrected chi connectivity index (χ4v) is 4.64. The van der Waals surface area contributed by atoms with Crippen LogP contribution in [0.2, 0.25) is 0 Å². The molecule has 0 saturated heterocycles. The molecule has 0 radical (unpaired) electrons. The molecular formula is C27H44N4O5. The highest BCUT2D eigenvalue weighted by atomic mass is 16.6. The number of para-hydroxylation sites is 1. The third-order valence-electron chi connectivity index (χ3n) is 6.68. The van der Waals surface area contributed by atoms with E-state index < -0.39 is 29.8 Å². The van der Waals surface area contributed by atoms with Crippen LogP contribution in [0, 0.1) is 11.3 Å². The number of aliphatic hydroxyl groups excluding tert-OH is 1. The van der Waals surface area contributed by atoms with Crippen molar-refractivity contribution in [3.63, 3.8) is 0 Å². The molecule has 202 valence electrons. The molecule has 5 N–H and O–H groups in total. The number of hydrogen-bond acceptors (Lipinski definition) is 6. The summed E-state index contributed by atoms with van der Waals surface area (Å²) < 4.78 is 5.46. The van der Waals surface area contributed by atoms with Crippen LogP contribution in [0.4, 0.5) is 10.5 Å². The standard InChI is InChI=1S/C27H44N4O5/c1-6-7-12-30-25(34)18(2)13-23(32)21(28)15-27(3,4)16-24(33)31-17-20(36-26(35)29-5)14-19-10-8-9-11-22(19)31/h8-11,18,20-21,23,32H,6-7,12-17,28H2,1-5H3,(H,29,35)(H,30,34)/t18-,20?,21+,23+/m1/s1. The number of carbonyl (C=O) groups excluding carboxylic acids is 3. The SMILES string of the molecule is CCCCNC(=O)[C@H](C)C[C@H](O)[C@@H](N)CC(C)(C)CC(=O)N1CC(OC(=O)NC)Cc2ccccc21. The minimum absolute atomic E-state index is 0.0820. The van der Waals surface area contributed by atoms with E-state index in [1.165, 1.54) is 7.05 Å². The second-order valence-corrected chi connectivity index (χ2v) is 10.7. The molecule has 3 amide bonds. The van der Waals surface area contributed by atoms with Crippen molar-refractivity contribution in [3.05, 3.63) is 29.8 Å². The van der Waals surface area contributed by atoms with Crippen LogP contribution in [-0.2, 0) is 20.7 Å². The summed E-state index contributed by atoms with van der Waals surface area (Å²) in [6.07, 6.45) is 1.52. The van der Waals surface area contributed by atoms with E-state index in [1.54, 1.807) is 11.8 Å². The van der Waals surface area contributed by atoms with Crippen molar-refractivity contribution >= 4 is 23.6 Å². The van der Waals surface area contributed by atoms with E-state index in [2.05, 4.69) is 17.6 Å². The number of amides is 3. The van der Waals surface area contributed by atoms with Gasteiger partial charge in [0.15, 0.2) is 0 Å². The molecule has 1 aliphatic rings. The Kier molecular flexibility index (Phi) is 11.2. The van der Waals surface area contributed by atoms with Gasteiger partial charge in [0, 0.05) is 44.1 Å². The number of benzene rings is 1. The van der Waals surface area contributed by atoms with Crippen LogP contribution in [0.25, 0.3) is 0 Å². The lowest BCUT2D eigenvalue weighted by Gasteiger charge is -2.37. The highest BCUT2D eigenvalue weighted by Crippen LogP contribution is 2.33. The third kappa shape index (κ3) is 8.78. The zero-order chi connectivity index (χ0) is 26.9. The Morgan fingerprint density at radius 3 is 2.64 bits per heavy atom. The maximum absolute atomic E-state index is 13.4. The topological polar surface area (TPSA) is 134 Å². The minimum atomic E-state index is -0.854. The number of fused-ring (bicyclic) bond motifs is 1. The van der Waals surface area contributed by atoms with Gasteiger partial charge in [-0.05, 0) is 36.3 Å². The summed E-state index contributed by atoms with van der Waals surface area (Å²) in [6, 6.07) is 7.05. The average molecular weight is 505 g/mol. The molecule has 0 aliphatic carbocycles. The number of rotatable bonds is 12. The maximum Gasteiger partial charge on any atom is 0.407 e. The van der Waals surface area contributed by atoms with Crippen molar-refractivity contribution < 1.29 is 24.2 Å². The molecular weight excluding hydrogens is 460 g/mol. The van der Waals surface area contributed by atoms with Crippen LogP contribution < -0.4 is 21.3 Å². The van der Waals surface area contributed by atoms with Crippen LogP contribution in [0.1, 0.15) is 65.4 Å². The normalized spacial score (nSPS) is 18.0. The molecule has 1 aromatic rings. The minimum Gasteiger partial charge on any atom is -0.444 e. The van der Waals surface area contributed by atoms with Gasteiger partial charge in [0.05, 0.1) is 12.6 Å². The van der Waals surface area contributed by atoms with Gasteiger partial charge in [-0.15, -0.1) is 0 Å². The number of aliphatic hydroxyl groups is 1. The van der Waals surface area contributed by atoms with Gasteiger partial charge in [0.2, 0.25) is 11.8 Å². The number of hydrogen-bond donors (Lipinski definition) is 4. The smallest absolute Gasteiger partial charge is 0.407 e. The molecule has 1 aliphatic heterocycles. The molecule has 0 aromatic heterocycles. The van der Waals surface area contributed by atoms with Gasteiger partial charge in [0.1, 0.15) is 6.10 Å². The van der Waals surface area contributed by atoms with E-state index in [4.69, 9.17) is 10.5 Å². The van der Waals surface area contributed by atoms with Gasteiger partial charge in [-0.2, -0.15) is 0 Å². The summed E-state index contributed by atoms with van der Waals surface area (Å²) in [5, 5.41) is 16.0. The number of nitrogens with one attached hydrogen (secondary N) is 2. The Hall–Kier alpha value is -2.65. The molecule has 1 unspecified atom stereocenters. The Morgan fingerprint density at radius 2 is 1.97 bits per heavy atom. The summed E-state index contributed by atoms with van der Waals surface area (Å²) in [5.41, 5.74) is 7.60. The number of ether oxygens (including phenoxy) is 1. The van der Waals surface area contributed by atoms with E-state index in [9.17, 15) is 19.5 Å². The molecule has 0 bridgehead atoms. The fourth-order valence-electron chi connectivity index (χ4n) is 4.64. The number of unbranched alkanes of at least 4 members (excludes halogenated alkanes) is 1. The zero-order valence-corrected chi connectivity index (χ0v) is 22.4. The van der Waals surface area contributed by atoms with Crippen LogP contribution in [0.3, 0.4) is 0 Å².